The van der Waals surface area contributed by atoms with Gasteiger partial charge in [-0.25, -0.2) is 0 Å². The van der Waals surface area contributed by atoms with Crippen molar-refractivity contribution in [1.29, 1.82) is 0 Å². The normalized spacial score (nSPS) is 11.9. The Kier molecular flexibility index (Phi) is 11.2. The van der Waals surface area contributed by atoms with Crippen molar-refractivity contribution in [3.05, 3.63) is 36.1 Å². The molecule has 0 amide bonds. The van der Waals surface area contributed by atoms with E-state index in [0.717, 1.165) is 5.70 Å². The molecule has 0 aliphatic rings. The molecule has 0 unspecified atom stereocenters. The largest absolute Gasteiger partial charge is 0.388 e. The zero-order valence-electron chi connectivity index (χ0n) is 10.5. The lowest BCUT2D eigenvalue weighted by Gasteiger charge is -2.07. The summed E-state index contributed by atoms with van der Waals surface area (Å²) in [6.07, 6.45) is 6.08. The molecule has 82 valence electrons. The highest BCUT2D eigenvalue weighted by molar-refractivity contribution is 5.28. The van der Waals surface area contributed by atoms with E-state index in [4.69, 9.17) is 0 Å². The highest BCUT2D eigenvalue weighted by atomic mass is 14.8. The average Bonchev–Trinajstić information content (AvgIpc) is 2.22. The molecule has 0 aromatic heterocycles. The zero-order valence-corrected chi connectivity index (χ0v) is 10.5. The van der Waals surface area contributed by atoms with Gasteiger partial charge >= 0.3 is 0 Å². The SMILES string of the molecule is C=C/C(=C\C(=C\C)NC)C(C)C.CC. The van der Waals surface area contributed by atoms with Crippen LogP contribution < -0.4 is 5.32 Å². The van der Waals surface area contributed by atoms with Gasteiger partial charge in [0.05, 0.1) is 0 Å². The summed E-state index contributed by atoms with van der Waals surface area (Å²) in [5.74, 6) is 0.533. The highest BCUT2D eigenvalue weighted by Gasteiger charge is 1.98. The van der Waals surface area contributed by atoms with Crippen LogP contribution in [0.5, 0.6) is 0 Å². The minimum atomic E-state index is 0.533. The summed E-state index contributed by atoms with van der Waals surface area (Å²) in [6.45, 7) is 14.1. The van der Waals surface area contributed by atoms with Gasteiger partial charge in [-0.15, -0.1) is 0 Å². The number of hydrogen-bond donors (Lipinski definition) is 1. The lowest BCUT2D eigenvalue weighted by Crippen LogP contribution is -2.04. The van der Waals surface area contributed by atoms with Crippen molar-refractivity contribution in [3.8, 4) is 0 Å². The number of allylic oxidation sites excluding steroid dienone is 4. The third-order valence-electron chi connectivity index (χ3n) is 1.82. The topological polar surface area (TPSA) is 12.0 Å². The predicted octanol–water partition coefficient (Wildman–Crippen LogP) is 3.90. The summed E-state index contributed by atoms with van der Waals surface area (Å²) < 4.78 is 0. The Morgan fingerprint density at radius 2 is 1.79 bits per heavy atom. The number of nitrogens with one attached hydrogen (secondary N) is 1. The molecule has 0 atom stereocenters. The molecule has 0 fully saturated rings. The van der Waals surface area contributed by atoms with E-state index in [1.165, 1.54) is 5.57 Å². The molecular weight excluding hydrogens is 170 g/mol. The molecule has 0 aromatic rings. The summed E-state index contributed by atoms with van der Waals surface area (Å²) in [6, 6.07) is 0. The molecule has 1 nitrogen and oxygen atoms in total. The quantitative estimate of drug-likeness (QED) is 0.671. The smallest absolute Gasteiger partial charge is 0.0297 e. The Morgan fingerprint density at radius 1 is 1.29 bits per heavy atom. The van der Waals surface area contributed by atoms with E-state index in [1.807, 2.05) is 40.0 Å². The maximum absolute atomic E-state index is 3.78. The van der Waals surface area contributed by atoms with Crippen LogP contribution in [-0.4, -0.2) is 7.05 Å². The van der Waals surface area contributed by atoms with Gasteiger partial charge in [0.15, 0.2) is 0 Å². The second-order valence-electron chi connectivity index (χ2n) is 3.00. The average molecular weight is 195 g/mol. The van der Waals surface area contributed by atoms with Crippen LogP contribution in [0, 0.1) is 5.92 Å². The molecule has 0 aliphatic carbocycles. The molecule has 0 saturated heterocycles. The van der Waals surface area contributed by atoms with Gasteiger partial charge in [0.1, 0.15) is 0 Å². The molecule has 1 heteroatoms. The van der Waals surface area contributed by atoms with Crippen molar-refractivity contribution >= 4 is 0 Å². The van der Waals surface area contributed by atoms with Gasteiger partial charge in [-0.1, -0.05) is 46.4 Å². The third kappa shape index (κ3) is 6.53. The molecule has 0 bridgehead atoms. The van der Waals surface area contributed by atoms with Crippen LogP contribution in [0.1, 0.15) is 34.6 Å². The van der Waals surface area contributed by atoms with E-state index < -0.39 is 0 Å². The second kappa shape index (κ2) is 10.1. The Labute approximate surface area is 89.6 Å². The third-order valence-corrected chi connectivity index (χ3v) is 1.82. The summed E-state index contributed by atoms with van der Waals surface area (Å²) in [7, 11) is 1.92. The van der Waals surface area contributed by atoms with Crippen molar-refractivity contribution < 1.29 is 0 Å². The number of hydrogen-bond acceptors (Lipinski definition) is 1. The van der Waals surface area contributed by atoms with Gasteiger partial charge in [-0.05, 0) is 24.5 Å². The summed E-state index contributed by atoms with van der Waals surface area (Å²) >= 11 is 0. The van der Waals surface area contributed by atoms with Crippen molar-refractivity contribution in [2.75, 3.05) is 7.05 Å². The van der Waals surface area contributed by atoms with Gasteiger partial charge < -0.3 is 5.32 Å². The van der Waals surface area contributed by atoms with E-state index >= 15 is 0 Å². The Bertz CT molecular complexity index is 197. The van der Waals surface area contributed by atoms with E-state index in [1.54, 1.807) is 0 Å². The van der Waals surface area contributed by atoms with Crippen LogP contribution in [0.3, 0.4) is 0 Å². The Balaban J connectivity index is 0. The van der Waals surface area contributed by atoms with Crippen LogP contribution in [0.25, 0.3) is 0 Å². The molecular formula is C13H25N. The van der Waals surface area contributed by atoms with Gasteiger partial charge in [0, 0.05) is 12.7 Å². The monoisotopic (exact) mass is 195 g/mol. The van der Waals surface area contributed by atoms with E-state index in [0.29, 0.717) is 5.92 Å². The summed E-state index contributed by atoms with van der Waals surface area (Å²) in [5, 5.41) is 3.11. The molecule has 1 N–H and O–H groups in total. The number of rotatable bonds is 4. The summed E-state index contributed by atoms with van der Waals surface area (Å²) in [5.41, 5.74) is 2.40. The van der Waals surface area contributed by atoms with Gasteiger partial charge in [0.25, 0.3) is 0 Å². The summed E-state index contributed by atoms with van der Waals surface area (Å²) in [4.78, 5) is 0. The highest BCUT2D eigenvalue weighted by Crippen LogP contribution is 2.11. The lowest BCUT2D eigenvalue weighted by molar-refractivity contribution is 0.788. The maximum Gasteiger partial charge on any atom is 0.0297 e. The standard InChI is InChI=1S/C11H19N.C2H6/c1-6-10(9(3)4)8-11(7-2)12-5;1-2/h6-9,12H,1H2,2-5H3;1-2H3/b10-8+,11-7-;. The minimum Gasteiger partial charge on any atom is -0.388 e. The molecule has 14 heavy (non-hydrogen) atoms. The van der Waals surface area contributed by atoms with Crippen molar-refractivity contribution in [3.63, 3.8) is 0 Å². The lowest BCUT2D eigenvalue weighted by atomic mass is 10.0. The van der Waals surface area contributed by atoms with Crippen molar-refractivity contribution in [2.45, 2.75) is 34.6 Å². The van der Waals surface area contributed by atoms with Crippen LogP contribution in [0.15, 0.2) is 36.1 Å². The first-order chi connectivity index (χ1) is 6.65. The first-order valence-corrected chi connectivity index (χ1v) is 5.33. The number of likely N-dealkylation sites (N-methyl/N-ethyl adjacent to an activating group) is 1. The minimum absolute atomic E-state index is 0.533. The van der Waals surface area contributed by atoms with Crippen LogP contribution >= 0.6 is 0 Å². The molecule has 0 saturated carbocycles. The van der Waals surface area contributed by atoms with Crippen LogP contribution in [-0.2, 0) is 0 Å². The van der Waals surface area contributed by atoms with Crippen LogP contribution in [0.4, 0.5) is 0 Å². The molecule has 0 rings (SSSR count). The van der Waals surface area contributed by atoms with E-state index in [-0.39, 0.29) is 0 Å². The van der Waals surface area contributed by atoms with Crippen LogP contribution in [0.2, 0.25) is 0 Å². The molecule has 0 aromatic carbocycles. The fourth-order valence-electron chi connectivity index (χ4n) is 0.941. The van der Waals surface area contributed by atoms with Gasteiger partial charge in [0.2, 0.25) is 0 Å². The second-order valence-corrected chi connectivity index (χ2v) is 3.00. The predicted molar refractivity (Wildman–Crippen MR) is 67.3 cm³/mol. The van der Waals surface area contributed by atoms with Gasteiger partial charge in [-0.2, -0.15) is 0 Å². The maximum atomic E-state index is 3.78. The molecule has 0 spiro atoms. The Hall–Kier alpha value is -0.980. The van der Waals surface area contributed by atoms with E-state index in [2.05, 4.69) is 31.8 Å². The fraction of sp³-hybridized carbons (Fsp3) is 0.538. The van der Waals surface area contributed by atoms with E-state index in [9.17, 15) is 0 Å². The fourth-order valence-corrected chi connectivity index (χ4v) is 0.941. The zero-order chi connectivity index (χ0) is 11.6. The first-order valence-electron chi connectivity index (χ1n) is 5.33. The van der Waals surface area contributed by atoms with Gasteiger partial charge in [-0.3, -0.25) is 0 Å². The first kappa shape index (κ1) is 15.5. The Morgan fingerprint density at radius 3 is 2.00 bits per heavy atom. The molecule has 0 radical (unpaired) electrons. The molecule has 0 aliphatic heterocycles. The molecule has 0 heterocycles. The van der Waals surface area contributed by atoms with Crippen molar-refractivity contribution in [2.24, 2.45) is 5.92 Å². The van der Waals surface area contributed by atoms with Crippen molar-refractivity contribution in [1.82, 2.24) is 5.32 Å².